The molecule has 2 heterocycles. The van der Waals surface area contributed by atoms with Crippen molar-refractivity contribution in [1.29, 1.82) is 0 Å². The van der Waals surface area contributed by atoms with Gasteiger partial charge in [0.2, 0.25) is 5.95 Å². The smallest absolute Gasteiger partial charge is 0.320 e. The van der Waals surface area contributed by atoms with Crippen LogP contribution in [0.3, 0.4) is 0 Å². The molecular weight excluding hydrogens is 340 g/mol. The Labute approximate surface area is 143 Å². The number of H-pyrrole nitrogens is 1. The van der Waals surface area contributed by atoms with E-state index in [1.165, 1.54) is 6.33 Å². The third-order valence-corrected chi connectivity index (χ3v) is 3.27. The van der Waals surface area contributed by atoms with Crippen LogP contribution in [0, 0.1) is 5.92 Å². The standard InChI is InChI=1S/C13H20N6O4.ClH/c1-7(2)8(12(21)22)15-3-4-23-6-19-5-16-9-10(19)17-13(14)18-11(9)20;/h5,7-8,15H,3-4,6H2,1-2H3,(H,21,22)(H3,14,17,18,20);1H/t8-;/m0./s1. The van der Waals surface area contributed by atoms with E-state index in [-0.39, 0.29) is 36.5 Å². The van der Waals surface area contributed by atoms with E-state index in [0.29, 0.717) is 18.8 Å². The van der Waals surface area contributed by atoms with Gasteiger partial charge in [0, 0.05) is 6.54 Å². The van der Waals surface area contributed by atoms with Crippen molar-refractivity contribution in [3.8, 4) is 0 Å². The number of carboxylic acid groups (broad SMARTS) is 1. The van der Waals surface area contributed by atoms with Gasteiger partial charge in [0.25, 0.3) is 5.56 Å². The summed E-state index contributed by atoms with van der Waals surface area (Å²) in [5, 5.41) is 12.0. The summed E-state index contributed by atoms with van der Waals surface area (Å²) in [5.74, 6) is -0.907. The molecule has 24 heavy (non-hydrogen) atoms. The topological polar surface area (TPSA) is 148 Å². The molecule has 0 aromatic carbocycles. The summed E-state index contributed by atoms with van der Waals surface area (Å²) >= 11 is 0. The molecule has 0 aliphatic carbocycles. The Hall–Kier alpha value is -2.17. The van der Waals surface area contributed by atoms with Crippen LogP contribution in [-0.2, 0) is 16.3 Å². The fourth-order valence-corrected chi connectivity index (χ4v) is 2.12. The number of aromatic amines is 1. The number of carbonyl (C=O) groups is 1. The lowest BCUT2D eigenvalue weighted by Crippen LogP contribution is -2.42. The fourth-order valence-electron chi connectivity index (χ4n) is 2.12. The molecule has 134 valence electrons. The monoisotopic (exact) mass is 360 g/mol. The van der Waals surface area contributed by atoms with Gasteiger partial charge in [-0.05, 0) is 5.92 Å². The number of imidazole rings is 1. The van der Waals surface area contributed by atoms with Crippen LogP contribution in [-0.4, -0.2) is 49.8 Å². The second kappa shape index (κ2) is 8.62. The predicted molar refractivity (Wildman–Crippen MR) is 90.0 cm³/mol. The number of aromatic nitrogens is 4. The highest BCUT2D eigenvalue weighted by Crippen LogP contribution is 2.06. The second-order valence-electron chi connectivity index (χ2n) is 5.39. The van der Waals surface area contributed by atoms with Gasteiger partial charge >= 0.3 is 5.97 Å². The zero-order chi connectivity index (χ0) is 17.0. The van der Waals surface area contributed by atoms with Crippen molar-refractivity contribution in [3.05, 3.63) is 16.7 Å². The van der Waals surface area contributed by atoms with Gasteiger partial charge in [0.05, 0.1) is 12.9 Å². The lowest BCUT2D eigenvalue weighted by Gasteiger charge is -2.17. The number of halogens is 1. The van der Waals surface area contributed by atoms with E-state index in [2.05, 4.69) is 20.3 Å². The number of anilines is 1. The van der Waals surface area contributed by atoms with Crippen molar-refractivity contribution in [2.24, 2.45) is 5.92 Å². The molecule has 0 bridgehead atoms. The van der Waals surface area contributed by atoms with E-state index in [0.717, 1.165) is 0 Å². The lowest BCUT2D eigenvalue weighted by atomic mass is 10.1. The number of hydrogen-bond donors (Lipinski definition) is 4. The van der Waals surface area contributed by atoms with Crippen molar-refractivity contribution >= 4 is 35.5 Å². The third kappa shape index (κ3) is 4.66. The molecule has 2 aromatic heterocycles. The third-order valence-electron chi connectivity index (χ3n) is 3.27. The Kier molecular flexibility index (Phi) is 7.14. The van der Waals surface area contributed by atoms with Crippen LogP contribution in [0.1, 0.15) is 13.8 Å². The van der Waals surface area contributed by atoms with Crippen molar-refractivity contribution < 1.29 is 14.6 Å². The summed E-state index contributed by atoms with van der Waals surface area (Å²) in [6.45, 7) is 4.48. The van der Waals surface area contributed by atoms with Crippen molar-refractivity contribution in [2.75, 3.05) is 18.9 Å². The molecule has 0 amide bonds. The van der Waals surface area contributed by atoms with Gasteiger partial charge in [-0.2, -0.15) is 4.98 Å². The maximum atomic E-state index is 11.6. The molecular formula is C13H21ClN6O4. The Bertz CT molecular complexity index is 744. The van der Waals surface area contributed by atoms with E-state index in [1.54, 1.807) is 4.57 Å². The first-order chi connectivity index (χ1) is 10.9. The van der Waals surface area contributed by atoms with Crippen LogP contribution in [0.5, 0.6) is 0 Å². The van der Waals surface area contributed by atoms with Crippen LogP contribution >= 0.6 is 12.4 Å². The van der Waals surface area contributed by atoms with Crippen LogP contribution < -0.4 is 16.6 Å². The normalized spacial score (nSPS) is 12.3. The first kappa shape index (κ1) is 19.9. The van der Waals surface area contributed by atoms with Gasteiger partial charge in [0.15, 0.2) is 11.2 Å². The Balaban J connectivity index is 0.00000288. The number of hydrogen-bond acceptors (Lipinski definition) is 7. The molecule has 2 rings (SSSR count). The van der Waals surface area contributed by atoms with Crippen LogP contribution in [0.2, 0.25) is 0 Å². The van der Waals surface area contributed by atoms with E-state index in [4.69, 9.17) is 15.6 Å². The number of nitrogens with two attached hydrogens (primary N) is 1. The summed E-state index contributed by atoms with van der Waals surface area (Å²) < 4.78 is 7.00. The highest BCUT2D eigenvalue weighted by molar-refractivity contribution is 5.85. The minimum atomic E-state index is -0.889. The molecule has 0 radical (unpaired) electrons. The summed E-state index contributed by atoms with van der Waals surface area (Å²) in [7, 11) is 0. The van der Waals surface area contributed by atoms with Gasteiger partial charge in [-0.25, -0.2) is 4.98 Å². The molecule has 0 aliphatic rings. The molecule has 0 spiro atoms. The SMILES string of the molecule is CC(C)[C@H](NCCOCn1cnc2c(=O)[nH]c(N)nc21)C(=O)O.Cl. The number of nitrogens with one attached hydrogen (secondary N) is 2. The van der Waals surface area contributed by atoms with E-state index < -0.39 is 17.6 Å². The lowest BCUT2D eigenvalue weighted by molar-refractivity contribution is -0.140. The molecule has 2 aromatic rings. The minimum Gasteiger partial charge on any atom is -0.480 e. The van der Waals surface area contributed by atoms with Crippen molar-refractivity contribution in [2.45, 2.75) is 26.6 Å². The number of fused-ring (bicyclic) bond motifs is 1. The summed E-state index contributed by atoms with van der Waals surface area (Å²) in [5.41, 5.74) is 5.62. The summed E-state index contributed by atoms with van der Waals surface area (Å²) in [6, 6.07) is -0.618. The molecule has 0 saturated heterocycles. The second-order valence-corrected chi connectivity index (χ2v) is 5.39. The number of nitrogens with zero attached hydrogens (tertiary/aromatic N) is 3. The number of ether oxygens (including phenoxy) is 1. The maximum Gasteiger partial charge on any atom is 0.320 e. The largest absolute Gasteiger partial charge is 0.480 e. The molecule has 0 aliphatic heterocycles. The highest BCUT2D eigenvalue weighted by Gasteiger charge is 2.20. The van der Waals surface area contributed by atoms with Crippen LogP contribution in [0.4, 0.5) is 5.95 Å². The van der Waals surface area contributed by atoms with E-state index >= 15 is 0 Å². The maximum absolute atomic E-state index is 11.6. The van der Waals surface area contributed by atoms with Crippen LogP contribution in [0.15, 0.2) is 11.1 Å². The van der Waals surface area contributed by atoms with E-state index in [9.17, 15) is 9.59 Å². The first-order valence-corrected chi connectivity index (χ1v) is 7.14. The number of rotatable bonds is 8. The van der Waals surface area contributed by atoms with Crippen LogP contribution in [0.25, 0.3) is 11.2 Å². The average molecular weight is 361 g/mol. The van der Waals surface area contributed by atoms with Gasteiger partial charge < -0.3 is 20.9 Å². The molecule has 10 nitrogen and oxygen atoms in total. The molecule has 1 atom stereocenters. The quantitative estimate of drug-likeness (QED) is 0.473. The van der Waals surface area contributed by atoms with Gasteiger partial charge in [-0.1, -0.05) is 13.8 Å². The average Bonchev–Trinajstić information content (AvgIpc) is 2.85. The zero-order valence-corrected chi connectivity index (χ0v) is 14.2. The zero-order valence-electron chi connectivity index (χ0n) is 13.4. The van der Waals surface area contributed by atoms with Gasteiger partial charge in [-0.3, -0.25) is 19.1 Å². The molecule has 5 N–H and O–H groups in total. The molecule has 0 unspecified atom stereocenters. The van der Waals surface area contributed by atoms with Gasteiger partial charge in [0.1, 0.15) is 12.8 Å². The molecule has 11 heteroatoms. The Morgan fingerprint density at radius 2 is 2.25 bits per heavy atom. The summed E-state index contributed by atoms with van der Waals surface area (Å²) in [4.78, 5) is 33.0. The minimum absolute atomic E-state index is 0. The molecule has 0 saturated carbocycles. The fraction of sp³-hybridized carbons (Fsp3) is 0.538. The molecule has 0 fully saturated rings. The number of nitrogen functional groups attached to an aromatic ring is 1. The number of carboxylic acids is 1. The summed E-state index contributed by atoms with van der Waals surface area (Å²) in [6.07, 6.45) is 1.44. The van der Waals surface area contributed by atoms with E-state index in [1.807, 2.05) is 13.8 Å². The van der Waals surface area contributed by atoms with Gasteiger partial charge in [-0.15, -0.1) is 12.4 Å². The highest BCUT2D eigenvalue weighted by atomic mass is 35.5. The van der Waals surface area contributed by atoms with Crippen molar-refractivity contribution in [3.63, 3.8) is 0 Å². The Morgan fingerprint density at radius 3 is 2.88 bits per heavy atom. The Morgan fingerprint density at radius 1 is 1.54 bits per heavy atom. The van der Waals surface area contributed by atoms with Crippen molar-refractivity contribution in [1.82, 2.24) is 24.8 Å². The number of aliphatic carboxylic acids is 1. The first-order valence-electron chi connectivity index (χ1n) is 7.14. The predicted octanol–water partition coefficient (Wildman–Crippen LogP) is -0.203.